The van der Waals surface area contributed by atoms with Crippen molar-refractivity contribution in [3.8, 4) is 5.88 Å². The van der Waals surface area contributed by atoms with Crippen LogP contribution in [0.4, 0.5) is 5.82 Å². The number of sulfone groups is 1. The lowest BCUT2D eigenvalue weighted by molar-refractivity contribution is 0.294. The number of aryl methyl sites for hydroxylation is 1. The molecule has 1 aliphatic carbocycles. The molecular weight excluding hydrogens is 364 g/mol. The van der Waals surface area contributed by atoms with Crippen LogP contribution in [-0.2, 0) is 9.84 Å². The molecule has 7 nitrogen and oxygen atoms in total. The van der Waals surface area contributed by atoms with Gasteiger partial charge in [0.05, 0.1) is 11.5 Å². The highest BCUT2D eigenvalue weighted by molar-refractivity contribution is 7.92. The maximum absolute atomic E-state index is 13.1. The number of hydrogen-bond donors (Lipinski definition) is 2. The standard InChI is InChI=1S/C19H22N4O3S/c1-12-21-15-16(19(22-12)26-11-5-6-13-9-10-13)23-18(20)17(15)27(24,25)14-7-3-2-4-8-14/h2-4,7-8,13,23H,5-6,9-11,20H2,1H3. The Morgan fingerprint density at radius 1 is 1.22 bits per heavy atom. The van der Waals surface area contributed by atoms with E-state index in [4.69, 9.17) is 10.5 Å². The number of rotatable bonds is 7. The summed E-state index contributed by atoms with van der Waals surface area (Å²) in [5.74, 6) is 1.65. The zero-order valence-corrected chi connectivity index (χ0v) is 15.9. The van der Waals surface area contributed by atoms with Crippen molar-refractivity contribution in [2.24, 2.45) is 5.92 Å². The highest BCUT2D eigenvalue weighted by Crippen LogP contribution is 2.36. The van der Waals surface area contributed by atoms with E-state index >= 15 is 0 Å². The topological polar surface area (TPSA) is 111 Å². The van der Waals surface area contributed by atoms with Crippen LogP contribution in [0.3, 0.4) is 0 Å². The van der Waals surface area contributed by atoms with Gasteiger partial charge in [-0.2, -0.15) is 4.98 Å². The summed E-state index contributed by atoms with van der Waals surface area (Å²) in [5, 5.41) is 0. The Hall–Kier alpha value is -2.61. The van der Waals surface area contributed by atoms with Gasteiger partial charge in [-0.25, -0.2) is 13.4 Å². The molecule has 1 saturated carbocycles. The number of H-pyrrole nitrogens is 1. The SMILES string of the molecule is Cc1nc(OCCCC2CC2)c2[nH]c(N)c(S(=O)(=O)c3ccccc3)c2n1. The molecule has 8 heteroatoms. The van der Waals surface area contributed by atoms with Gasteiger partial charge in [-0.05, 0) is 37.8 Å². The maximum Gasteiger partial charge on any atom is 0.241 e. The quantitative estimate of drug-likeness (QED) is 0.603. The van der Waals surface area contributed by atoms with E-state index in [2.05, 4.69) is 15.0 Å². The largest absolute Gasteiger partial charge is 0.476 e. The van der Waals surface area contributed by atoms with E-state index in [0.717, 1.165) is 18.8 Å². The van der Waals surface area contributed by atoms with Gasteiger partial charge >= 0.3 is 0 Å². The fourth-order valence-corrected chi connectivity index (χ4v) is 4.68. The van der Waals surface area contributed by atoms with Crippen molar-refractivity contribution in [3.63, 3.8) is 0 Å². The minimum absolute atomic E-state index is 0.0305. The van der Waals surface area contributed by atoms with Crippen LogP contribution in [0.15, 0.2) is 40.1 Å². The molecule has 0 atom stereocenters. The Labute approximate surface area is 157 Å². The second-order valence-corrected chi connectivity index (χ2v) is 8.80. The Morgan fingerprint density at radius 3 is 2.67 bits per heavy atom. The van der Waals surface area contributed by atoms with Gasteiger partial charge in [0.15, 0.2) is 0 Å². The van der Waals surface area contributed by atoms with Gasteiger partial charge in [-0.1, -0.05) is 31.0 Å². The number of nitrogen functional groups attached to an aromatic ring is 1. The van der Waals surface area contributed by atoms with E-state index in [1.165, 1.54) is 25.0 Å². The summed E-state index contributed by atoms with van der Waals surface area (Å²) in [6, 6.07) is 8.19. The van der Waals surface area contributed by atoms with Gasteiger partial charge in [0.2, 0.25) is 15.7 Å². The number of fused-ring (bicyclic) bond motifs is 1. The van der Waals surface area contributed by atoms with Gasteiger partial charge in [0, 0.05) is 0 Å². The molecule has 2 aromatic heterocycles. The monoisotopic (exact) mass is 386 g/mol. The van der Waals surface area contributed by atoms with Gasteiger partial charge < -0.3 is 15.5 Å². The number of aromatic nitrogens is 3. The third kappa shape index (κ3) is 3.49. The van der Waals surface area contributed by atoms with E-state index in [0.29, 0.717) is 23.8 Å². The fourth-order valence-electron chi connectivity index (χ4n) is 3.18. The molecule has 0 unspecified atom stereocenters. The molecule has 2 heterocycles. The number of hydrogen-bond acceptors (Lipinski definition) is 6. The van der Waals surface area contributed by atoms with Gasteiger partial charge in [-0.15, -0.1) is 0 Å². The van der Waals surface area contributed by atoms with E-state index in [9.17, 15) is 8.42 Å². The molecule has 1 fully saturated rings. The lowest BCUT2D eigenvalue weighted by atomic mass is 10.2. The zero-order chi connectivity index (χ0) is 19.0. The summed E-state index contributed by atoms with van der Waals surface area (Å²) < 4.78 is 32.0. The molecule has 0 radical (unpaired) electrons. The summed E-state index contributed by atoms with van der Waals surface area (Å²) in [7, 11) is -3.82. The first kappa shape index (κ1) is 17.8. The van der Waals surface area contributed by atoms with Crippen LogP contribution in [0.5, 0.6) is 5.88 Å². The molecule has 0 amide bonds. The Kier molecular flexibility index (Phi) is 4.51. The second kappa shape index (κ2) is 6.84. The van der Waals surface area contributed by atoms with E-state index in [1.54, 1.807) is 25.1 Å². The lowest BCUT2D eigenvalue weighted by Gasteiger charge is -2.07. The Morgan fingerprint density at radius 2 is 1.96 bits per heavy atom. The first-order valence-corrected chi connectivity index (χ1v) is 10.5. The highest BCUT2D eigenvalue weighted by atomic mass is 32.2. The van der Waals surface area contributed by atoms with E-state index in [1.807, 2.05) is 0 Å². The number of anilines is 1. The molecule has 1 aliphatic rings. The normalized spacial score (nSPS) is 14.6. The number of nitrogens with two attached hydrogens (primary N) is 1. The summed E-state index contributed by atoms with van der Waals surface area (Å²) in [5.41, 5.74) is 6.72. The minimum atomic E-state index is -3.82. The smallest absolute Gasteiger partial charge is 0.241 e. The van der Waals surface area contributed by atoms with Crippen molar-refractivity contribution in [2.45, 2.75) is 42.4 Å². The predicted octanol–water partition coefficient (Wildman–Crippen LogP) is 3.25. The molecule has 0 spiro atoms. The van der Waals surface area contributed by atoms with Crippen molar-refractivity contribution >= 4 is 26.7 Å². The van der Waals surface area contributed by atoms with Crippen LogP contribution in [0.2, 0.25) is 0 Å². The van der Waals surface area contributed by atoms with Crippen LogP contribution >= 0.6 is 0 Å². The van der Waals surface area contributed by atoms with Gasteiger partial charge in [0.1, 0.15) is 27.6 Å². The second-order valence-electron chi connectivity index (χ2n) is 6.92. The Balaban J connectivity index is 1.73. The first-order valence-electron chi connectivity index (χ1n) is 9.05. The average molecular weight is 386 g/mol. The third-order valence-corrected chi connectivity index (χ3v) is 6.57. The molecule has 3 aromatic rings. The lowest BCUT2D eigenvalue weighted by Crippen LogP contribution is -2.05. The minimum Gasteiger partial charge on any atom is -0.476 e. The van der Waals surface area contributed by atoms with Crippen LogP contribution in [0, 0.1) is 12.8 Å². The van der Waals surface area contributed by atoms with Gasteiger partial charge in [-0.3, -0.25) is 0 Å². The average Bonchev–Trinajstić information content (AvgIpc) is 3.40. The van der Waals surface area contributed by atoms with E-state index in [-0.39, 0.29) is 21.1 Å². The van der Waals surface area contributed by atoms with Crippen molar-refractivity contribution in [2.75, 3.05) is 12.3 Å². The number of nitrogens with one attached hydrogen (secondary N) is 1. The summed E-state index contributed by atoms with van der Waals surface area (Å²) >= 11 is 0. The maximum atomic E-state index is 13.1. The molecular formula is C19H22N4O3S. The highest BCUT2D eigenvalue weighted by Gasteiger charge is 2.28. The van der Waals surface area contributed by atoms with Crippen LogP contribution in [-0.4, -0.2) is 30.0 Å². The molecule has 0 aliphatic heterocycles. The molecule has 4 rings (SSSR count). The Bertz CT molecular complexity index is 1070. The zero-order valence-electron chi connectivity index (χ0n) is 15.1. The van der Waals surface area contributed by atoms with Crippen molar-refractivity contribution in [1.82, 2.24) is 15.0 Å². The van der Waals surface area contributed by atoms with Crippen LogP contribution in [0.25, 0.3) is 11.0 Å². The predicted molar refractivity (Wildman–Crippen MR) is 102 cm³/mol. The summed E-state index contributed by atoms with van der Waals surface area (Å²) in [4.78, 5) is 11.7. The number of aromatic amines is 1. The molecule has 27 heavy (non-hydrogen) atoms. The van der Waals surface area contributed by atoms with Crippen molar-refractivity contribution in [1.29, 1.82) is 0 Å². The van der Waals surface area contributed by atoms with Crippen LogP contribution in [0.1, 0.15) is 31.5 Å². The number of nitrogens with zero attached hydrogens (tertiary/aromatic N) is 2. The van der Waals surface area contributed by atoms with E-state index < -0.39 is 9.84 Å². The molecule has 142 valence electrons. The summed E-state index contributed by atoms with van der Waals surface area (Å²) in [6.07, 6.45) is 4.71. The number of benzene rings is 1. The number of ether oxygens (including phenoxy) is 1. The van der Waals surface area contributed by atoms with Crippen molar-refractivity contribution in [3.05, 3.63) is 36.2 Å². The third-order valence-electron chi connectivity index (χ3n) is 4.72. The van der Waals surface area contributed by atoms with Crippen molar-refractivity contribution < 1.29 is 13.2 Å². The van der Waals surface area contributed by atoms with Gasteiger partial charge in [0.25, 0.3) is 0 Å². The molecule has 0 bridgehead atoms. The molecule has 0 saturated heterocycles. The molecule has 1 aromatic carbocycles. The van der Waals surface area contributed by atoms with Crippen LogP contribution < -0.4 is 10.5 Å². The summed E-state index contributed by atoms with van der Waals surface area (Å²) in [6.45, 7) is 2.24. The molecule has 3 N–H and O–H groups in total. The first-order chi connectivity index (χ1) is 13.0. The fraction of sp³-hybridized carbons (Fsp3) is 0.368.